The van der Waals surface area contributed by atoms with Crippen LogP contribution in [0.1, 0.15) is 63.5 Å². The summed E-state index contributed by atoms with van der Waals surface area (Å²) in [5.41, 5.74) is 2.05. The van der Waals surface area contributed by atoms with Gasteiger partial charge >= 0.3 is 0 Å². The number of halogens is 1. The van der Waals surface area contributed by atoms with Gasteiger partial charge in [0, 0.05) is 5.02 Å². The minimum Gasteiger partial charge on any atom is -0.496 e. The van der Waals surface area contributed by atoms with Gasteiger partial charge in [0.1, 0.15) is 5.75 Å². The Morgan fingerprint density at radius 2 is 1.67 bits per heavy atom. The van der Waals surface area contributed by atoms with Gasteiger partial charge in [-0.15, -0.1) is 0 Å². The first-order valence-electron chi connectivity index (χ1n) is 7.55. The van der Waals surface area contributed by atoms with E-state index in [1.807, 2.05) is 26.0 Å². The molecule has 1 aromatic carbocycles. The van der Waals surface area contributed by atoms with Crippen LogP contribution < -0.4 is 4.74 Å². The van der Waals surface area contributed by atoms with Crippen molar-refractivity contribution in [3.05, 3.63) is 28.3 Å². The second-order valence-electron chi connectivity index (χ2n) is 5.95. The minimum atomic E-state index is -0.740. The van der Waals surface area contributed by atoms with Crippen molar-refractivity contribution in [2.75, 3.05) is 7.11 Å². The zero-order chi connectivity index (χ0) is 16.2. The van der Waals surface area contributed by atoms with Gasteiger partial charge in [-0.1, -0.05) is 39.3 Å². The van der Waals surface area contributed by atoms with E-state index in [-0.39, 0.29) is 5.92 Å². The van der Waals surface area contributed by atoms with E-state index in [1.54, 1.807) is 7.11 Å². The highest BCUT2D eigenvalue weighted by Crippen LogP contribution is 2.38. The highest BCUT2D eigenvalue weighted by atomic mass is 35.5. The van der Waals surface area contributed by atoms with Crippen molar-refractivity contribution < 1.29 is 14.9 Å². The maximum absolute atomic E-state index is 10.0. The van der Waals surface area contributed by atoms with Crippen LogP contribution in [0.3, 0.4) is 0 Å². The van der Waals surface area contributed by atoms with Crippen molar-refractivity contribution in [3.63, 3.8) is 0 Å². The molecular formula is C17H27ClO3. The lowest BCUT2D eigenvalue weighted by atomic mass is 9.88. The van der Waals surface area contributed by atoms with Crippen molar-refractivity contribution in [3.8, 4) is 5.75 Å². The Labute approximate surface area is 132 Å². The number of benzene rings is 1. The van der Waals surface area contributed by atoms with Crippen molar-refractivity contribution in [1.82, 2.24) is 0 Å². The molecule has 0 heterocycles. The van der Waals surface area contributed by atoms with Crippen LogP contribution in [-0.4, -0.2) is 29.5 Å². The molecule has 1 aromatic rings. The van der Waals surface area contributed by atoms with Crippen molar-refractivity contribution >= 4 is 11.6 Å². The first kappa shape index (κ1) is 18.3. The zero-order valence-electron chi connectivity index (χ0n) is 13.6. The van der Waals surface area contributed by atoms with Crippen LogP contribution in [0.4, 0.5) is 0 Å². The van der Waals surface area contributed by atoms with E-state index < -0.39 is 12.2 Å². The Bertz CT molecular complexity index is 460. The Morgan fingerprint density at radius 3 is 2.14 bits per heavy atom. The topological polar surface area (TPSA) is 49.7 Å². The van der Waals surface area contributed by atoms with Crippen molar-refractivity contribution in [2.24, 2.45) is 0 Å². The average molecular weight is 315 g/mol. The van der Waals surface area contributed by atoms with Gasteiger partial charge in [0.15, 0.2) is 0 Å². The van der Waals surface area contributed by atoms with Gasteiger partial charge in [-0.2, -0.15) is 0 Å². The van der Waals surface area contributed by atoms with Gasteiger partial charge in [0.25, 0.3) is 0 Å². The van der Waals surface area contributed by atoms with Gasteiger partial charge in [0.05, 0.1) is 19.3 Å². The number of aliphatic hydroxyl groups is 2. The second-order valence-corrected chi connectivity index (χ2v) is 6.39. The summed E-state index contributed by atoms with van der Waals surface area (Å²) in [5.74, 6) is 1.18. The van der Waals surface area contributed by atoms with Gasteiger partial charge in [-0.25, -0.2) is 0 Å². The molecule has 3 atom stereocenters. The molecule has 21 heavy (non-hydrogen) atoms. The third kappa shape index (κ3) is 4.60. The summed E-state index contributed by atoms with van der Waals surface area (Å²) in [6.45, 7) is 8.07. The molecule has 0 bridgehead atoms. The van der Waals surface area contributed by atoms with Gasteiger partial charge in [-0.05, 0) is 47.9 Å². The molecule has 1 rings (SSSR count). The average Bonchev–Trinajstić information content (AvgIpc) is 2.44. The highest BCUT2D eigenvalue weighted by molar-refractivity contribution is 6.30. The Hall–Kier alpha value is -0.770. The molecule has 0 radical (unpaired) electrons. The SMILES string of the molecule is CCC(O)C(O)CC(C)c1cc(Cl)cc(C(C)C)c1OC. The van der Waals surface area contributed by atoms with Crippen LogP contribution in [0.25, 0.3) is 0 Å². The summed E-state index contributed by atoms with van der Waals surface area (Å²) in [7, 11) is 1.66. The summed E-state index contributed by atoms with van der Waals surface area (Å²) in [6, 6.07) is 3.82. The van der Waals surface area contributed by atoms with E-state index in [1.165, 1.54) is 0 Å². The lowest BCUT2D eigenvalue weighted by Gasteiger charge is -2.24. The second kappa shape index (κ2) is 8.02. The third-order valence-corrected chi connectivity index (χ3v) is 4.14. The van der Waals surface area contributed by atoms with E-state index in [9.17, 15) is 10.2 Å². The molecule has 2 N–H and O–H groups in total. The quantitative estimate of drug-likeness (QED) is 0.796. The Morgan fingerprint density at radius 1 is 1.10 bits per heavy atom. The Balaban J connectivity index is 3.11. The molecule has 0 aliphatic rings. The predicted octanol–water partition coefficient (Wildman–Crippen LogP) is 4.10. The smallest absolute Gasteiger partial charge is 0.125 e. The highest BCUT2D eigenvalue weighted by Gasteiger charge is 2.23. The van der Waals surface area contributed by atoms with E-state index in [2.05, 4.69) is 13.8 Å². The van der Waals surface area contributed by atoms with Crippen LogP contribution in [0.5, 0.6) is 5.75 Å². The first-order valence-corrected chi connectivity index (χ1v) is 7.93. The monoisotopic (exact) mass is 314 g/mol. The molecule has 0 saturated carbocycles. The van der Waals surface area contributed by atoms with Crippen LogP contribution in [0, 0.1) is 0 Å². The van der Waals surface area contributed by atoms with Gasteiger partial charge in [-0.3, -0.25) is 0 Å². The summed E-state index contributed by atoms with van der Waals surface area (Å²) >= 11 is 6.23. The number of hydrogen-bond donors (Lipinski definition) is 2. The van der Waals surface area contributed by atoms with Crippen LogP contribution >= 0.6 is 11.6 Å². The standard InChI is InChI=1S/C17H27ClO3/c1-6-15(19)16(20)7-11(4)14-9-12(18)8-13(10(2)3)17(14)21-5/h8-11,15-16,19-20H,6-7H2,1-5H3. The van der Waals surface area contributed by atoms with Gasteiger partial charge < -0.3 is 14.9 Å². The van der Waals surface area contributed by atoms with Crippen molar-refractivity contribution in [2.45, 2.75) is 64.6 Å². The normalized spacial score (nSPS) is 15.9. The molecule has 0 amide bonds. The largest absolute Gasteiger partial charge is 0.496 e. The predicted molar refractivity (Wildman–Crippen MR) is 87.4 cm³/mol. The molecule has 3 nitrogen and oxygen atoms in total. The molecule has 0 saturated heterocycles. The molecule has 0 aliphatic carbocycles. The summed E-state index contributed by atoms with van der Waals surface area (Å²) < 4.78 is 5.58. The molecule has 0 aliphatic heterocycles. The van der Waals surface area contributed by atoms with Gasteiger partial charge in [0.2, 0.25) is 0 Å². The fourth-order valence-electron chi connectivity index (χ4n) is 2.59. The maximum atomic E-state index is 10.0. The van der Waals surface area contributed by atoms with E-state index in [4.69, 9.17) is 16.3 Å². The number of ether oxygens (including phenoxy) is 1. The first-order chi connectivity index (χ1) is 9.81. The summed E-state index contributed by atoms with van der Waals surface area (Å²) in [4.78, 5) is 0. The molecule has 120 valence electrons. The molecule has 0 fully saturated rings. The summed E-state index contributed by atoms with van der Waals surface area (Å²) in [6.07, 6.45) is -0.417. The number of rotatable bonds is 7. The lowest BCUT2D eigenvalue weighted by Crippen LogP contribution is -2.26. The van der Waals surface area contributed by atoms with Crippen LogP contribution in [0.15, 0.2) is 12.1 Å². The van der Waals surface area contributed by atoms with Crippen LogP contribution in [-0.2, 0) is 0 Å². The fraction of sp³-hybridized carbons (Fsp3) is 0.647. The molecule has 0 aromatic heterocycles. The van der Waals surface area contributed by atoms with Crippen LogP contribution in [0.2, 0.25) is 5.02 Å². The number of aliphatic hydroxyl groups excluding tert-OH is 2. The zero-order valence-corrected chi connectivity index (χ0v) is 14.3. The number of methoxy groups -OCH3 is 1. The minimum absolute atomic E-state index is 0.0485. The van der Waals surface area contributed by atoms with Crippen molar-refractivity contribution in [1.29, 1.82) is 0 Å². The Kier molecular flexibility index (Phi) is 6.98. The van der Waals surface area contributed by atoms with E-state index in [0.717, 1.165) is 16.9 Å². The molecular weight excluding hydrogens is 288 g/mol. The van der Waals surface area contributed by atoms with E-state index in [0.29, 0.717) is 23.8 Å². The number of hydrogen-bond acceptors (Lipinski definition) is 3. The molecule has 0 spiro atoms. The summed E-state index contributed by atoms with van der Waals surface area (Å²) in [5, 5.41) is 20.4. The molecule has 4 heteroatoms. The van der Waals surface area contributed by atoms with E-state index >= 15 is 0 Å². The third-order valence-electron chi connectivity index (χ3n) is 3.93. The maximum Gasteiger partial charge on any atom is 0.125 e. The lowest BCUT2D eigenvalue weighted by molar-refractivity contribution is 0.00943. The molecule has 3 unspecified atom stereocenters. The fourth-order valence-corrected chi connectivity index (χ4v) is 2.82.